The lowest BCUT2D eigenvalue weighted by atomic mass is 10.0. The smallest absolute Gasteiger partial charge is 0.251 e. The van der Waals surface area contributed by atoms with Crippen molar-refractivity contribution in [3.63, 3.8) is 0 Å². The number of carbonyl (C=O) groups excluding carboxylic acids is 2. The second-order valence-electron chi connectivity index (χ2n) is 6.66. The van der Waals surface area contributed by atoms with Gasteiger partial charge in [-0.15, -0.1) is 0 Å². The number of carbonyl (C=O) groups is 2. The average Bonchev–Trinajstić information content (AvgIpc) is 3.23. The lowest BCUT2D eigenvalue weighted by molar-refractivity contribution is -0.132. The molecule has 0 bridgehead atoms. The van der Waals surface area contributed by atoms with Crippen LogP contribution < -0.4 is 10.6 Å². The summed E-state index contributed by atoms with van der Waals surface area (Å²) in [4.78, 5) is 27.2. The number of nitrogens with one attached hydrogen (secondary N) is 2. The number of nitrogens with zero attached hydrogens (tertiary/aromatic N) is 1. The molecule has 1 aliphatic rings. The van der Waals surface area contributed by atoms with Crippen molar-refractivity contribution in [1.82, 2.24) is 15.5 Å². The van der Waals surface area contributed by atoms with E-state index in [1.165, 1.54) is 0 Å². The molecule has 1 aliphatic heterocycles. The highest BCUT2D eigenvalue weighted by Crippen LogP contribution is 2.20. The average molecular weight is 351 g/mol. The van der Waals surface area contributed by atoms with Crippen molar-refractivity contribution in [2.45, 2.75) is 24.9 Å². The summed E-state index contributed by atoms with van der Waals surface area (Å²) in [5, 5.41) is 6.31. The first-order valence-electron chi connectivity index (χ1n) is 9.02. The van der Waals surface area contributed by atoms with E-state index in [1.807, 2.05) is 60.5 Å². The van der Waals surface area contributed by atoms with Crippen molar-refractivity contribution in [3.8, 4) is 0 Å². The van der Waals surface area contributed by atoms with Crippen molar-refractivity contribution >= 4 is 11.8 Å². The van der Waals surface area contributed by atoms with Gasteiger partial charge in [-0.3, -0.25) is 9.59 Å². The van der Waals surface area contributed by atoms with Crippen LogP contribution in [0.2, 0.25) is 0 Å². The Balaban J connectivity index is 1.73. The molecule has 2 aromatic rings. The summed E-state index contributed by atoms with van der Waals surface area (Å²) in [7, 11) is 1.85. The van der Waals surface area contributed by atoms with Gasteiger partial charge in [-0.05, 0) is 30.7 Å². The first-order chi connectivity index (χ1) is 12.6. The Kier molecular flexibility index (Phi) is 6.02. The molecule has 3 rings (SSSR count). The number of benzene rings is 2. The van der Waals surface area contributed by atoms with Crippen molar-refractivity contribution in [3.05, 3.63) is 71.8 Å². The van der Waals surface area contributed by atoms with Crippen molar-refractivity contribution < 1.29 is 9.59 Å². The predicted octanol–water partition coefficient (Wildman–Crippen LogP) is 2.37. The third-order valence-electron chi connectivity index (χ3n) is 4.90. The Hall–Kier alpha value is -2.66. The Labute approximate surface area is 154 Å². The van der Waals surface area contributed by atoms with Crippen molar-refractivity contribution in [1.29, 1.82) is 0 Å². The van der Waals surface area contributed by atoms with Crippen LogP contribution in [-0.2, 0) is 4.79 Å². The molecule has 5 nitrogen and oxygen atoms in total. The standard InChI is InChI=1S/C21H25N3O2/c1-24(18-12-13-22-15-18)20(25)14-19(16-8-4-2-5-9-16)23-21(26)17-10-6-3-7-11-17/h2-11,18-19,22H,12-15H2,1H3,(H,23,26). The highest BCUT2D eigenvalue weighted by Gasteiger charge is 2.26. The predicted molar refractivity (Wildman–Crippen MR) is 102 cm³/mol. The minimum Gasteiger partial charge on any atom is -0.345 e. The maximum Gasteiger partial charge on any atom is 0.251 e. The van der Waals surface area contributed by atoms with Crippen molar-refractivity contribution in [2.24, 2.45) is 0 Å². The van der Waals surface area contributed by atoms with E-state index in [9.17, 15) is 9.59 Å². The van der Waals surface area contributed by atoms with E-state index in [0.29, 0.717) is 5.56 Å². The van der Waals surface area contributed by atoms with Gasteiger partial charge in [0.05, 0.1) is 12.5 Å². The van der Waals surface area contributed by atoms with Gasteiger partial charge in [0.15, 0.2) is 0 Å². The number of rotatable bonds is 6. The Morgan fingerprint density at radius 3 is 2.38 bits per heavy atom. The number of hydrogen-bond donors (Lipinski definition) is 2. The molecule has 26 heavy (non-hydrogen) atoms. The Morgan fingerprint density at radius 2 is 1.77 bits per heavy atom. The van der Waals surface area contributed by atoms with E-state index < -0.39 is 0 Å². The first kappa shape index (κ1) is 18.1. The number of amides is 2. The topological polar surface area (TPSA) is 61.4 Å². The summed E-state index contributed by atoms with van der Waals surface area (Å²) >= 11 is 0. The molecule has 2 atom stereocenters. The fourth-order valence-electron chi connectivity index (χ4n) is 3.26. The quantitative estimate of drug-likeness (QED) is 0.840. The van der Waals surface area contributed by atoms with Gasteiger partial charge in [0.2, 0.25) is 5.91 Å². The summed E-state index contributed by atoms with van der Waals surface area (Å²) in [5.41, 5.74) is 1.53. The van der Waals surface area contributed by atoms with E-state index in [2.05, 4.69) is 10.6 Å². The molecule has 0 aromatic heterocycles. The molecule has 0 radical (unpaired) electrons. The Morgan fingerprint density at radius 1 is 1.12 bits per heavy atom. The van der Waals surface area contributed by atoms with Crippen LogP contribution in [0.4, 0.5) is 0 Å². The SMILES string of the molecule is CN(C(=O)CC(NC(=O)c1ccccc1)c1ccccc1)C1CCNC1. The molecule has 0 spiro atoms. The Bertz CT molecular complexity index is 727. The molecule has 0 saturated carbocycles. The van der Waals surface area contributed by atoms with Gasteiger partial charge in [0.1, 0.15) is 0 Å². The highest BCUT2D eigenvalue weighted by molar-refractivity contribution is 5.94. The molecule has 1 saturated heterocycles. The van der Waals surface area contributed by atoms with Gasteiger partial charge in [-0.1, -0.05) is 48.5 Å². The van der Waals surface area contributed by atoms with Gasteiger partial charge in [-0.2, -0.15) is 0 Å². The molecule has 2 N–H and O–H groups in total. The zero-order chi connectivity index (χ0) is 18.4. The molecular weight excluding hydrogens is 326 g/mol. The van der Waals surface area contributed by atoms with Gasteiger partial charge >= 0.3 is 0 Å². The van der Waals surface area contributed by atoms with Crippen LogP contribution in [0.1, 0.15) is 34.8 Å². The van der Waals surface area contributed by atoms with E-state index in [1.54, 1.807) is 12.1 Å². The first-order valence-corrected chi connectivity index (χ1v) is 9.02. The zero-order valence-electron chi connectivity index (χ0n) is 15.0. The molecule has 1 fully saturated rings. The fourth-order valence-corrected chi connectivity index (χ4v) is 3.26. The maximum atomic E-state index is 12.8. The third kappa shape index (κ3) is 4.49. The molecule has 136 valence electrons. The van der Waals surface area contributed by atoms with Crippen molar-refractivity contribution in [2.75, 3.05) is 20.1 Å². The molecule has 2 unspecified atom stereocenters. The lowest BCUT2D eigenvalue weighted by Crippen LogP contribution is -2.41. The van der Waals surface area contributed by atoms with Gasteiger partial charge in [0.25, 0.3) is 5.91 Å². The van der Waals surface area contributed by atoms with Crippen LogP contribution in [0.3, 0.4) is 0 Å². The molecule has 0 aliphatic carbocycles. The molecule has 2 aromatic carbocycles. The minimum absolute atomic E-state index is 0.0425. The third-order valence-corrected chi connectivity index (χ3v) is 4.90. The van der Waals surface area contributed by atoms with Crippen LogP contribution in [0.15, 0.2) is 60.7 Å². The van der Waals surface area contributed by atoms with Crippen LogP contribution in [0.25, 0.3) is 0 Å². The van der Waals surface area contributed by atoms with E-state index >= 15 is 0 Å². The highest BCUT2D eigenvalue weighted by atomic mass is 16.2. The number of likely N-dealkylation sites (N-methyl/N-ethyl adjacent to an activating group) is 1. The number of hydrogen-bond acceptors (Lipinski definition) is 3. The van der Waals surface area contributed by atoms with E-state index in [4.69, 9.17) is 0 Å². The summed E-state index contributed by atoms with van der Waals surface area (Å²) in [6.07, 6.45) is 1.21. The second kappa shape index (κ2) is 8.63. The van der Waals surface area contributed by atoms with Gasteiger partial charge in [0, 0.05) is 25.2 Å². The monoisotopic (exact) mass is 351 g/mol. The largest absolute Gasteiger partial charge is 0.345 e. The van der Waals surface area contributed by atoms with Gasteiger partial charge in [-0.25, -0.2) is 0 Å². The molecule has 5 heteroatoms. The summed E-state index contributed by atoms with van der Waals surface area (Å²) < 4.78 is 0. The summed E-state index contributed by atoms with van der Waals surface area (Å²) in [6.45, 7) is 1.77. The van der Waals surface area contributed by atoms with E-state index in [0.717, 1.165) is 25.1 Å². The van der Waals surface area contributed by atoms with Crippen LogP contribution in [0.5, 0.6) is 0 Å². The second-order valence-corrected chi connectivity index (χ2v) is 6.66. The van der Waals surface area contributed by atoms with Gasteiger partial charge < -0.3 is 15.5 Å². The lowest BCUT2D eigenvalue weighted by Gasteiger charge is -2.27. The fraction of sp³-hybridized carbons (Fsp3) is 0.333. The minimum atomic E-state index is -0.354. The zero-order valence-corrected chi connectivity index (χ0v) is 15.0. The van der Waals surface area contributed by atoms with Crippen LogP contribution in [-0.4, -0.2) is 42.9 Å². The van der Waals surface area contributed by atoms with Crippen LogP contribution >= 0.6 is 0 Å². The normalized spacial score (nSPS) is 17.5. The molecule has 1 heterocycles. The molecule has 2 amide bonds. The maximum absolute atomic E-state index is 12.8. The van der Waals surface area contributed by atoms with E-state index in [-0.39, 0.29) is 30.3 Å². The summed E-state index contributed by atoms with van der Waals surface area (Å²) in [5.74, 6) is -0.127. The van der Waals surface area contributed by atoms with Crippen LogP contribution in [0, 0.1) is 0 Å². The molecular formula is C21H25N3O2. The summed E-state index contributed by atoms with van der Waals surface area (Å²) in [6, 6.07) is 18.6.